The smallest absolute Gasteiger partial charge is 0.321 e. The number of amides is 2. The number of carbonyl (C=O) groups excluding carboxylic acids is 1. The molecule has 0 aliphatic carbocycles. The van der Waals surface area contributed by atoms with E-state index in [9.17, 15) is 9.59 Å². The molecule has 6 nitrogen and oxygen atoms in total. The van der Waals surface area contributed by atoms with E-state index in [2.05, 4.69) is 10.3 Å². The molecule has 2 aromatic rings. The Morgan fingerprint density at radius 3 is 2.86 bits per heavy atom. The average Bonchev–Trinajstić information content (AvgIpc) is 2.47. The van der Waals surface area contributed by atoms with E-state index in [1.54, 1.807) is 12.3 Å². The van der Waals surface area contributed by atoms with Crippen LogP contribution in [-0.2, 0) is 4.79 Å². The summed E-state index contributed by atoms with van der Waals surface area (Å²) in [5, 5.41) is 12.4. The van der Waals surface area contributed by atoms with Crippen molar-refractivity contribution < 1.29 is 14.7 Å². The molecule has 2 rings (SSSR count). The molecule has 1 aromatic carbocycles. The lowest BCUT2D eigenvalue weighted by molar-refractivity contribution is -0.137. The van der Waals surface area contributed by atoms with Crippen LogP contribution in [-0.4, -0.2) is 40.1 Å². The monoisotopic (exact) mass is 287 g/mol. The average molecular weight is 287 g/mol. The number of carboxylic acid groups (broad SMARTS) is 1. The number of urea groups is 1. The van der Waals surface area contributed by atoms with E-state index in [1.807, 2.05) is 31.2 Å². The van der Waals surface area contributed by atoms with Crippen LogP contribution >= 0.6 is 0 Å². The first kappa shape index (κ1) is 14.8. The molecule has 2 amide bonds. The molecule has 0 spiro atoms. The molecule has 2 N–H and O–H groups in total. The van der Waals surface area contributed by atoms with E-state index in [-0.39, 0.29) is 19.0 Å². The topological polar surface area (TPSA) is 82.5 Å². The highest BCUT2D eigenvalue weighted by Crippen LogP contribution is 2.17. The summed E-state index contributed by atoms with van der Waals surface area (Å²) in [5.41, 5.74) is 1.52. The molecule has 0 aliphatic rings. The molecule has 1 heterocycles. The minimum absolute atomic E-state index is 0.0666. The minimum atomic E-state index is -0.918. The van der Waals surface area contributed by atoms with Crippen molar-refractivity contribution in [2.24, 2.45) is 0 Å². The van der Waals surface area contributed by atoms with Crippen LogP contribution in [0.3, 0.4) is 0 Å². The number of nitrogens with zero attached hydrogens (tertiary/aromatic N) is 2. The van der Waals surface area contributed by atoms with Gasteiger partial charge < -0.3 is 15.3 Å². The predicted molar refractivity (Wildman–Crippen MR) is 80.3 cm³/mol. The zero-order chi connectivity index (χ0) is 15.2. The summed E-state index contributed by atoms with van der Waals surface area (Å²) in [7, 11) is 0. The molecule has 0 saturated heterocycles. The predicted octanol–water partition coefficient (Wildman–Crippen LogP) is 2.56. The molecule has 0 unspecified atom stereocenters. The quantitative estimate of drug-likeness (QED) is 0.885. The van der Waals surface area contributed by atoms with Gasteiger partial charge in [-0.25, -0.2) is 4.79 Å². The van der Waals surface area contributed by atoms with Gasteiger partial charge in [-0.15, -0.1) is 0 Å². The number of nitrogens with one attached hydrogen (secondary N) is 1. The fraction of sp³-hybridized carbons (Fsp3) is 0.267. The number of benzene rings is 1. The third kappa shape index (κ3) is 3.92. The van der Waals surface area contributed by atoms with E-state index < -0.39 is 5.97 Å². The van der Waals surface area contributed by atoms with Gasteiger partial charge in [-0.1, -0.05) is 6.07 Å². The Kier molecular flexibility index (Phi) is 4.71. The lowest BCUT2D eigenvalue weighted by Crippen LogP contribution is -2.36. The number of pyridine rings is 1. The summed E-state index contributed by atoms with van der Waals surface area (Å²) in [6.45, 7) is 2.45. The maximum atomic E-state index is 12.1. The van der Waals surface area contributed by atoms with Crippen molar-refractivity contribution in [1.29, 1.82) is 0 Å². The number of rotatable bonds is 5. The summed E-state index contributed by atoms with van der Waals surface area (Å²) in [5.74, 6) is -0.918. The Hall–Kier alpha value is -2.63. The summed E-state index contributed by atoms with van der Waals surface area (Å²) >= 11 is 0. The number of carbonyl (C=O) groups is 2. The SMILES string of the molecule is CCN(CCC(=O)O)C(=O)Nc1ccc2ncccc2c1. The van der Waals surface area contributed by atoms with Gasteiger partial charge in [0.05, 0.1) is 11.9 Å². The maximum Gasteiger partial charge on any atom is 0.321 e. The molecule has 0 bridgehead atoms. The van der Waals surface area contributed by atoms with Gasteiger partial charge in [-0.05, 0) is 31.2 Å². The number of fused-ring (bicyclic) bond motifs is 1. The summed E-state index contributed by atoms with van der Waals surface area (Å²) in [6, 6.07) is 8.89. The van der Waals surface area contributed by atoms with E-state index in [0.29, 0.717) is 12.2 Å². The fourth-order valence-electron chi connectivity index (χ4n) is 1.99. The standard InChI is InChI=1S/C15H17N3O3/c1-2-18(9-7-14(19)20)15(21)17-12-5-6-13-11(10-12)4-3-8-16-13/h3-6,8,10H,2,7,9H2,1H3,(H,17,21)(H,19,20). The zero-order valence-corrected chi connectivity index (χ0v) is 11.7. The van der Waals surface area contributed by atoms with Gasteiger partial charge in [0.2, 0.25) is 0 Å². The Morgan fingerprint density at radius 2 is 2.14 bits per heavy atom. The van der Waals surface area contributed by atoms with Crippen LogP contribution in [0.2, 0.25) is 0 Å². The Morgan fingerprint density at radius 1 is 1.33 bits per heavy atom. The summed E-state index contributed by atoms with van der Waals surface area (Å²) in [4.78, 5) is 28.4. The fourth-order valence-corrected chi connectivity index (χ4v) is 1.99. The molecule has 0 radical (unpaired) electrons. The number of hydrogen-bond donors (Lipinski definition) is 2. The first-order valence-electron chi connectivity index (χ1n) is 6.72. The van der Waals surface area contributed by atoms with Crippen molar-refractivity contribution in [1.82, 2.24) is 9.88 Å². The van der Waals surface area contributed by atoms with Crippen LogP contribution in [0.15, 0.2) is 36.5 Å². The Balaban J connectivity index is 2.07. The molecular formula is C15H17N3O3. The molecule has 0 fully saturated rings. The van der Waals surface area contributed by atoms with E-state index in [0.717, 1.165) is 10.9 Å². The molecule has 0 saturated carbocycles. The van der Waals surface area contributed by atoms with Crippen molar-refractivity contribution in [3.05, 3.63) is 36.5 Å². The number of anilines is 1. The number of carboxylic acids is 1. The van der Waals surface area contributed by atoms with Gasteiger partial charge in [0.1, 0.15) is 0 Å². The van der Waals surface area contributed by atoms with Crippen molar-refractivity contribution in [3.8, 4) is 0 Å². The lowest BCUT2D eigenvalue weighted by Gasteiger charge is -2.20. The second-order valence-corrected chi connectivity index (χ2v) is 4.56. The van der Waals surface area contributed by atoms with Crippen LogP contribution < -0.4 is 5.32 Å². The Labute approximate surface area is 122 Å². The van der Waals surface area contributed by atoms with Gasteiger partial charge in [0.25, 0.3) is 0 Å². The van der Waals surface area contributed by atoms with Crippen molar-refractivity contribution in [3.63, 3.8) is 0 Å². The minimum Gasteiger partial charge on any atom is -0.481 e. The number of hydrogen-bond acceptors (Lipinski definition) is 3. The van der Waals surface area contributed by atoms with E-state index in [1.165, 1.54) is 4.90 Å². The van der Waals surface area contributed by atoms with Gasteiger partial charge in [0, 0.05) is 30.4 Å². The molecule has 0 atom stereocenters. The van der Waals surface area contributed by atoms with Gasteiger partial charge >= 0.3 is 12.0 Å². The number of aliphatic carboxylic acids is 1. The van der Waals surface area contributed by atoms with Gasteiger partial charge in [-0.2, -0.15) is 0 Å². The molecule has 21 heavy (non-hydrogen) atoms. The van der Waals surface area contributed by atoms with E-state index >= 15 is 0 Å². The van der Waals surface area contributed by atoms with Crippen LogP contribution in [0, 0.1) is 0 Å². The zero-order valence-electron chi connectivity index (χ0n) is 11.7. The molecule has 0 aliphatic heterocycles. The van der Waals surface area contributed by atoms with Crippen LogP contribution in [0.4, 0.5) is 10.5 Å². The molecule has 6 heteroatoms. The van der Waals surface area contributed by atoms with E-state index in [4.69, 9.17) is 5.11 Å². The lowest BCUT2D eigenvalue weighted by atomic mass is 10.2. The molecule has 110 valence electrons. The maximum absolute atomic E-state index is 12.1. The first-order valence-corrected chi connectivity index (χ1v) is 6.72. The second kappa shape index (κ2) is 6.69. The highest BCUT2D eigenvalue weighted by Gasteiger charge is 2.13. The first-order chi connectivity index (χ1) is 10.1. The third-order valence-corrected chi connectivity index (χ3v) is 3.12. The second-order valence-electron chi connectivity index (χ2n) is 4.56. The van der Waals surface area contributed by atoms with Crippen molar-refractivity contribution >= 4 is 28.6 Å². The van der Waals surface area contributed by atoms with Gasteiger partial charge in [0.15, 0.2) is 0 Å². The van der Waals surface area contributed by atoms with Gasteiger partial charge in [-0.3, -0.25) is 9.78 Å². The normalized spacial score (nSPS) is 10.3. The number of aromatic nitrogens is 1. The summed E-state index contributed by atoms with van der Waals surface area (Å²) < 4.78 is 0. The van der Waals surface area contributed by atoms with Crippen LogP contribution in [0.25, 0.3) is 10.9 Å². The van der Waals surface area contributed by atoms with Crippen molar-refractivity contribution in [2.75, 3.05) is 18.4 Å². The summed E-state index contributed by atoms with van der Waals surface area (Å²) in [6.07, 6.45) is 1.65. The molecule has 1 aromatic heterocycles. The van der Waals surface area contributed by atoms with Crippen LogP contribution in [0.1, 0.15) is 13.3 Å². The third-order valence-electron chi connectivity index (χ3n) is 3.12. The highest BCUT2D eigenvalue weighted by atomic mass is 16.4. The highest BCUT2D eigenvalue weighted by molar-refractivity contribution is 5.92. The molecular weight excluding hydrogens is 270 g/mol. The van der Waals surface area contributed by atoms with Crippen molar-refractivity contribution in [2.45, 2.75) is 13.3 Å². The largest absolute Gasteiger partial charge is 0.481 e. The van der Waals surface area contributed by atoms with Crippen LogP contribution in [0.5, 0.6) is 0 Å². The Bertz CT molecular complexity index is 657.